The molecule has 0 aromatic carbocycles. The van der Waals surface area contributed by atoms with Crippen molar-refractivity contribution in [3.05, 3.63) is 22.8 Å². The standard InChI is InChI=1S/C11H12ClN3O3/c1-15-3-2-8(10(15)16)14-9-7(12)4-6(5-13-9)11(17)18/h4-5,8H,2-3H2,1H3,(H,13,14)(H,17,18). The Bertz CT molecular complexity index is 506. The van der Waals surface area contributed by atoms with Gasteiger partial charge in [0.05, 0.1) is 10.6 Å². The fourth-order valence-electron chi connectivity index (χ4n) is 1.78. The van der Waals surface area contributed by atoms with Gasteiger partial charge in [-0.05, 0) is 12.5 Å². The number of hydrogen-bond acceptors (Lipinski definition) is 4. The molecule has 1 unspecified atom stereocenters. The molecule has 6 nitrogen and oxygen atoms in total. The third-order valence-corrected chi connectivity index (χ3v) is 3.11. The second-order valence-corrected chi connectivity index (χ2v) is 4.51. The van der Waals surface area contributed by atoms with Crippen LogP contribution in [0.2, 0.25) is 5.02 Å². The summed E-state index contributed by atoms with van der Waals surface area (Å²) in [6, 6.07) is 0.957. The number of carbonyl (C=O) groups is 2. The van der Waals surface area contributed by atoms with Crippen LogP contribution < -0.4 is 5.32 Å². The van der Waals surface area contributed by atoms with Crippen molar-refractivity contribution < 1.29 is 14.7 Å². The summed E-state index contributed by atoms with van der Waals surface area (Å²) in [5, 5.41) is 11.9. The minimum absolute atomic E-state index is 0.0143. The summed E-state index contributed by atoms with van der Waals surface area (Å²) in [5.41, 5.74) is 0.0143. The Morgan fingerprint density at radius 3 is 2.89 bits per heavy atom. The predicted molar refractivity (Wildman–Crippen MR) is 65.9 cm³/mol. The average Bonchev–Trinajstić information content (AvgIpc) is 2.63. The van der Waals surface area contributed by atoms with Crippen LogP contribution in [0.3, 0.4) is 0 Å². The number of carboxylic acids is 1. The molecule has 18 heavy (non-hydrogen) atoms. The normalized spacial score (nSPS) is 19.1. The molecule has 2 heterocycles. The Labute approximate surface area is 109 Å². The second kappa shape index (κ2) is 4.81. The number of likely N-dealkylation sites (N-methyl/N-ethyl adjacent to an activating group) is 1. The fourth-order valence-corrected chi connectivity index (χ4v) is 2.00. The van der Waals surface area contributed by atoms with Gasteiger partial charge in [0.2, 0.25) is 5.91 Å². The van der Waals surface area contributed by atoms with Crippen LogP contribution in [0.15, 0.2) is 12.3 Å². The lowest BCUT2D eigenvalue weighted by atomic mass is 10.2. The third-order valence-electron chi connectivity index (χ3n) is 2.83. The number of anilines is 1. The van der Waals surface area contributed by atoms with Crippen LogP contribution in [0.1, 0.15) is 16.8 Å². The van der Waals surface area contributed by atoms with Crippen molar-refractivity contribution in [2.75, 3.05) is 18.9 Å². The Kier molecular flexibility index (Phi) is 3.38. The van der Waals surface area contributed by atoms with E-state index in [4.69, 9.17) is 16.7 Å². The summed E-state index contributed by atoms with van der Waals surface area (Å²) in [5.74, 6) is -0.780. The van der Waals surface area contributed by atoms with E-state index in [9.17, 15) is 9.59 Å². The molecule has 0 saturated carbocycles. The van der Waals surface area contributed by atoms with Gasteiger partial charge in [0.25, 0.3) is 0 Å². The summed E-state index contributed by atoms with van der Waals surface area (Å²) < 4.78 is 0. The molecule has 1 amide bonds. The Hall–Kier alpha value is -1.82. The summed E-state index contributed by atoms with van der Waals surface area (Å²) in [7, 11) is 1.73. The number of nitrogens with zero attached hydrogens (tertiary/aromatic N) is 2. The van der Waals surface area contributed by atoms with Gasteiger partial charge in [-0.1, -0.05) is 11.6 Å². The number of aromatic nitrogens is 1. The second-order valence-electron chi connectivity index (χ2n) is 4.10. The molecule has 0 spiro atoms. The van der Waals surface area contributed by atoms with Gasteiger partial charge in [-0.3, -0.25) is 4.79 Å². The zero-order valence-electron chi connectivity index (χ0n) is 9.68. The van der Waals surface area contributed by atoms with Crippen LogP contribution in [0.4, 0.5) is 5.82 Å². The van der Waals surface area contributed by atoms with Gasteiger partial charge in [-0.15, -0.1) is 0 Å². The maximum Gasteiger partial charge on any atom is 0.337 e. The molecule has 1 aliphatic heterocycles. The zero-order chi connectivity index (χ0) is 13.3. The molecule has 0 aliphatic carbocycles. The Morgan fingerprint density at radius 2 is 2.39 bits per heavy atom. The van der Waals surface area contributed by atoms with E-state index in [0.717, 1.165) is 0 Å². The van der Waals surface area contributed by atoms with E-state index in [1.807, 2.05) is 0 Å². The smallest absolute Gasteiger partial charge is 0.337 e. The molecule has 1 saturated heterocycles. The van der Waals surface area contributed by atoms with E-state index in [1.54, 1.807) is 11.9 Å². The molecule has 96 valence electrons. The SMILES string of the molecule is CN1CCC(Nc2ncc(C(=O)O)cc2Cl)C1=O. The van der Waals surface area contributed by atoms with Gasteiger partial charge in [0.1, 0.15) is 11.9 Å². The van der Waals surface area contributed by atoms with Crippen LogP contribution in [0, 0.1) is 0 Å². The number of carboxylic acid groups (broad SMARTS) is 1. The number of hydrogen-bond donors (Lipinski definition) is 2. The maximum atomic E-state index is 11.7. The van der Waals surface area contributed by atoms with Gasteiger partial charge >= 0.3 is 5.97 Å². The highest BCUT2D eigenvalue weighted by atomic mass is 35.5. The van der Waals surface area contributed by atoms with E-state index < -0.39 is 5.97 Å². The average molecular weight is 270 g/mol. The highest BCUT2D eigenvalue weighted by Gasteiger charge is 2.29. The van der Waals surface area contributed by atoms with Crippen LogP contribution in [-0.2, 0) is 4.79 Å². The summed E-state index contributed by atoms with van der Waals surface area (Å²) in [4.78, 5) is 28.0. The first-order valence-corrected chi connectivity index (χ1v) is 5.77. The fraction of sp³-hybridized carbons (Fsp3) is 0.364. The van der Waals surface area contributed by atoms with E-state index in [-0.39, 0.29) is 22.5 Å². The van der Waals surface area contributed by atoms with Crippen molar-refractivity contribution in [1.82, 2.24) is 9.88 Å². The number of likely N-dealkylation sites (tertiary alicyclic amines) is 1. The number of rotatable bonds is 3. The molecule has 2 rings (SSSR count). The quantitative estimate of drug-likeness (QED) is 0.858. The van der Waals surface area contributed by atoms with E-state index >= 15 is 0 Å². The first kappa shape index (κ1) is 12.6. The topological polar surface area (TPSA) is 82.5 Å². The molecule has 0 radical (unpaired) electrons. The Morgan fingerprint density at radius 1 is 1.67 bits per heavy atom. The molecule has 1 aromatic rings. The Balaban J connectivity index is 2.15. The molecule has 1 aliphatic rings. The van der Waals surface area contributed by atoms with E-state index in [0.29, 0.717) is 18.8 Å². The summed E-state index contributed by atoms with van der Waals surface area (Å²) in [6.45, 7) is 0.682. The molecular formula is C11H12ClN3O3. The van der Waals surface area contributed by atoms with Crippen molar-refractivity contribution in [3.8, 4) is 0 Å². The molecule has 7 heteroatoms. The zero-order valence-corrected chi connectivity index (χ0v) is 10.4. The minimum Gasteiger partial charge on any atom is -0.478 e. The van der Waals surface area contributed by atoms with Gasteiger partial charge in [-0.25, -0.2) is 9.78 Å². The lowest BCUT2D eigenvalue weighted by molar-refractivity contribution is -0.127. The molecule has 2 N–H and O–H groups in total. The van der Waals surface area contributed by atoms with Crippen LogP contribution in [0.5, 0.6) is 0 Å². The number of carbonyl (C=O) groups excluding carboxylic acids is 1. The molecule has 1 fully saturated rings. The van der Waals surface area contributed by atoms with Crippen molar-refractivity contribution in [2.24, 2.45) is 0 Å². The lowest BCUT2D eigenvalue weighted by Gasteiger charge is -2.13. The molecule has 1 atom stereocenters. The van der Waals surface area contributed by atoms with E-state index in [2.05, 4.69) is 10.3 Å². The number of aromatic carboxylic acids is 1. The van der Waals surface area contributed by atoms with Crippen LogP contribution in [0.25, 0.3) is 0 Å². The van der Waals surface area contributed by atoms with Crippen LogP contribution in [-0.4, -0.2) is 46.5 Å². The van der Waals surface area contributed by atoms with E-state index in [1.165, 1.54) is 12.3 Å². The van der Waals surface area contributed by atoms with Gasteiger partial charge < -0.3 is 15.3 Å². The minimum atomic E-state index is -1.09. The van der Waals surface area contributed by atoms with Crippen molar-refractivity contribution in [2.45, 2.75) is 12.5 Å². The van der Waals surface area contributed by atoms with Crippen molar-refractivity contribution >= 4 is 29.3 Å². The number of nitrogens with one attached hydrogen (secondary N) is 1. The van der Waals surface area contributed by atoms with Gasteiger partial charge in [-0.2, -0.15) is 0 Å². The van der Waals surface area contributed by atoms with Crippen molar-refractivity contribution in [3.63, 3.8) is 0 Å². The molecule has 1 aromatic heterocycles. The lowest BCUT2D eigenvalue weighted by Crippen LogP contribution is -2.31. The monoisotopic (exact) mass is 269 g/mol. The highest BCUT2D eigenvalue weighted by molar-refractivity contribution is 6.33. The van der Waals surface area contributed by atoms with Gasteiger partial charge in [0, 0.05) is 19.8 Å². The highest BCUT2D eigenvalue weighted by Crippen LogP contribution is 2.23. The van der Waals surface area contributed by atoms with Gasteiger partial charge in [0.15, 0.2) is 0 Å². The largest absolute Gasteiger partial charge is 0.478 e. The molecular weight excluding hydrogens is 258 g/mol. The third kappa shape index (κ3) is 2.38. The predicted octanol–water partition coefficient (Wildman–Crippen LogP) is 1.08. The summed E-state index contributed by atoms with van der Waals surface area (Å²) >= 11 is 5.92. The first-order valence-electron chi connectivity index (χ1n) is 5.39. The molecule has 0 bridgehead atoms. The number of amides is 1. The number of pyridine rings is 1. The van der Waals surface area contributed by atoms with Crippen molar-refractivity contribution in [1.29, 1.82) is 0 Å². The summed E-state index contributed by atoms with van der Waals surface area (Å²) in [6.07, 6.45) is 1.88. The first-order chi connectivity index (χ1) is 8.49. The maximum absolute atomic E-state index is 11.7. The van der Waals surface area contributed by atoms with Crippen LogP contribution >= 0.6 is 11.6 Å². The number of halogens is 1.